The molecular formula is C19H19F3N2O4S. The van der Waals surface area contributed by atoms with E-state index in [9.17, 15) is 31.5 Å². The zero-order chi connectivity index (χ0) is 21.2. The summed E-state index contributed by atoms with van der Waals surface area (Å²) < 4.78 is 66.2. The lowest BCUT2D eigenvalue weighted by atomic mass is 10.0. The minimum absolute atomic E-state index is 0.0139. The molecule has 0 radical (unpaired) electrons. The van der Waals surface area contributed by atoms with Gasteiger partial charge in [-0.2, -0.15) is 13.2 Å². The summed E-state index contributed by atoms with van der Waals surface area (Å²) in [5, 5.41) is 12.5. The van der Waals surface area contributed by atoms with Crippen molar-refractivity contribution in [1.29, 1.82) is 0 Å². The van der Waals surface area contributed by atoms with Crippen molar-refractivity contribution in [2.24, 2.45) is 0 Å². The van der Waals surface area contributed by atoms with Gasteiger partial charge in [0, 0.05) is 18.2 Å². The summed E-state index contributed by atoms with van der Waals surface area (Å²) in [6.07, 6.45) is -4.70. The van der Waals surface area contributed by atoms with Gasteiger partial charge in [0.1, 0.15) is 0 Å². The van der Waals surface area contributed by atoms with Gasteiger partial charge in [0.2, 0.25) is 10.0 Å². The van der Waals surface area contributed by atoms with Gasteiger partial charge in [-0.05, 0) is 42.7 Å². The molecule has 1 aliphatic rings. The standard InChI is InChI=1S/C19H19F3N2O4S/c20-19(21,22)16-7-2-1-6-15(16)17(25)11-23-18(26)12-4-3-5-14(10-12)29(27,28)24-13-8-9-13/h1-7,10,13,17,24-25H,8-9,11H2,(H,23,26). The van der Waals surface area contributed by atoms with Crippen LogP contribution in [0.3, 0.4) is 0 Å². The first-order chi connectivity index (χ1) is 13.6. The minimum Gasteiger partial charge on any atom is -0.387 e. The van der Waals surface area contributed by atoms with Crippen LogP contribution in [0.1, 0.15) is 40.4 Å². The number of nitrogens with one attached hydrogen (secondary N) is 2. The maximum absolute atomic E-state index is 13.1. The monoisotopic (exact) mass is 428 g/mol. The van der Waals surface area contributed by atoms with E-state index in [1.165, 1.54) is 36.4 Å². The van der Waals surface area contributed by atoms with Crippen LogP contribution in [0.15, 0.2) is 53.4 Å². The van der Waals surface area contributed by atoms with E-state index < -0.39 is 40.3 Å². The topological polar surface area (TPSA) is 95.5 Å². The molecule has 0 aliphatic heterocycles. The third-order valence-electron chi connectivity index (χ3n) is 4.39. The van der Waals surface area contributed by atoms with E-state index in [1.54, 1.807) is 0 Å². The van der Waals surface area contributed by atoms with E-state index in [4.69, 9.17) is 0 Å². The van der Waals surface area contributed by atoms with Crippen molar-refractivity contribution in [2.75, 3.05) is 6.54 Å². The van der Waals surface area contributed by atoms with Gasteiger partial charge < -0.3 is 10.4 Å². The van der Waals surface area contributed by atoms with Crippen LogP contribution >= 0.6 is 0 Å². The zero-order valence-electron chi connectivity index (χ0n) is 15.1. The number of hydrogen-bond donors (Lipinski definition) is 3. The summed E-state index contributed by atoms with van der Waals surface area (Å²) in [4.78, 5) is 12.2. The molecule has 1 atom stereocenters. The number of sulfonamides is 1. The van der Waals surface area contributed by atoms with Gasteiger partial charge in [0.25, 0.3) is 5.91 Å². The maximum Gasteiger partial charge on any atom is 0.416 e. The Labute approximate surface area is 165 Å². The Balaban J connectivity index is 1.69. The van der Waals surface area contributed by atoms with Crippen LogP contribution in [0.25, 0.3) is 0 Å². The fourth-order valence-electron chi connectivity index (χ4n) is 2.74. The lowest BCUT2D eigenvalue weighted by Gasteiger charge is -2.18. The zero-order valence-corrected chi connectivity index (χ0v) is 15.9. The van der Waals surface area contributed by atoms with Gasteiger partial charge in [-0.3, -0.25) is 4.79 Å². The van der Waals surface area contributed by atoms with Crippen molar-refractivity contribution in [1.82, 2.24) is 10.0 Å². The van der Waals surface area contributed by atoms with Crippen LogP contribution in [0.5, 0.6) is 0 Å². The smallest absolute Gasteiger partial charge is 0.387 e. The maximum atomic E-state index is 13.1. The van der Waals surface area contributed by atoms with Crippen molar-refractivity contribution in [3.05, 3.63) is 65.2 Å². The Kier molecular flexibility index (Phi) is 5.97. The molecule has 3 N–H and O–H groups in total. The molecule has 1 amide bonds. The van der Waals surface area contributed by atoms with Gasteiger partial charge in [0.05, 0.1) is 16.6 Å². The second kappa shape index (κ2) is 8.13. The summed E-state index contributed by atoms with van der Waals surface area (Å²) >= 11 is 0. The summed E-state index contributed by atoms with van der Waals surface area (Å²) in [6, 6.07) is 9.74. The van der Waals surface area contributed by atoms with Crippen LogP contribution in [-0.4, -0.2) is 32.0 Å². The quantitative estimate of drug-likeness (QED) is 0.632. The molecular weight excluding hydrogens is 409 g/mol. The summed E-state index contributed by atoms with van der Waals surface area (Å²) in [5.41, 5.74) is -1.33. The first-order valence-electron chi connectivity index (χ1n) is 8.83. The molecule has 0 heterocycles. The Morgan fingerprint density at radius 3 is 2.48 bits per heavy atom. The van der Waals surface area contributed by atoms with Crippen molar-refractivity contribution >= 4 is 15.9 Å². The highest BCUT2D eigenvalue weighted by atomic mass is 32.2. The van der Waals surface area contributed by atoms with E-state index in [1.807, 2.05) is 0 Å². The van der Waals surface area contributed by atoms with Crippen LogP contribution in [0.4, 0.5) is 13.2 Å². The molecule has 0 saturated heterocycles. The van der Waals surface area contributed by atoms with Gasteiger partial charge >= 0.3 is 6.18 Å². The fourth-order valence-corrected chi connectivity index (χ4v) is 4.09. The van der Waals surface area contributed by atoms with Crippen molar-refractivity contribution in [3.8, 4) is 0 Å². The molecule has 29 heavy (non-hydrogen) atoms. The van der Waals surface area contributed by atoms with Crippen molar-refractivity contribution in [2.45, 2.75) is 36.1 Å². The van der Waals surface area contributed by atoms with Gasteiger partial charge in [-0.15, -0.1) is 0 Å². The molecule has 1 aliphatic carbocycles. The molecule has 6 nitrogen and oxygen atoms in total. The Hall–Kier alpha value is -2.43. The highest BCUT2D eigenvalue weighted by molar-refractivity contribution is 7.89. The number of rotatable bonds is 7. The number of alkyl halides is 3. The minimum atomic E-state index is -4.64. The lowest BCUT2D eigenvalue weighted by Crippen LogP contribution is -2.30. The van der Waals surface area contributed by atoms with Crippen LogP contribution in [0.2, 0.25) is 0 Å². The molecule has 3 rings (SSSR count). The molecule has 1 saturated carbocycles. The number of carbonyl (C=O) groups excluding carboxylic acids is 1. The number of benzene rings is 2. The number of carbonyl (C=O) groups is 1. The fraction of sp³-hybridized carbons (Fsp3) is 0.316. The van der Waals surface area contributed by atoms with E-state index >= 15 is 0 Å². The Morgan fingerprint density at radius 1 is 1.14 bits per heavy atom. The predicted octanol–water partition coefficient (Wildman–Crippen LogP) is 2.61. The van der Waals surface area contributed by atoms with Gasteiger partial charge in [0.15, 0.2) is 0 Å². The lowest BCUT2D eigenvalue weighted by molar-refractivity contribution is -0.139. The molecule has 10 heteroatoms. The number of aliphatic hydroxyl groups is 1. The summed E-state index contributed by atoms with van der Waals surface area (Å²) in [7, 11) is -3.75. The second-order valence-electron chi connectivity index (χ2n) is 6.73. The first-order valence-corrected chi connectivity index (χ1v) is 10.3. The van der Waals surface area contributed by atoms with Crippen LogP contribution in [0, 0.1) is 0 Å². The number of aliphatic hydroxyl groups excluding tert-OH is 1. The van der Waals surface area contributed by atoms with Crippen molar-refractivity contribution in [3.63, 3.8) is 0 Å². The third-order valence-corrected chi connectivity index (χ3v) is 5.91. The van der Waals surface area contributed by atoms with Crippen LogP contribution in [-0.2, 0) is 16.2 Å². The summed E-state index contributed by atoms with van der Waals surface area (Å²) in [6.45, 7) is -0.469. The molecule has 0 bridgehead atoms. The molecule has 0 spiro atoms. The Bertz CT molecular complexity index is 1000. The molecule has 0 aromatic heterocycles. The second-order valence-corrected chi connectivity index (χ2v) is 8.45. The number of halogens is 3. The van der Waals surface area contributed by atoms with Crippen LogP contribution < -0.4 is 10.0 Å². The largest absolute Gasteiger partial charge is 0.416 e. The number of amides is 1. The van der Waals surface area contributed by atoms with E-state index in [2.05, 4.69) is 10.0 Å². The average Bonchev–Trinajstić information content (AvgIpc) is 3.48. The molecule has 2 aromatic carbocycles. The normalized spacial score (nSPS) is 15.7. The first kappa shape index (κ1) is 21.3. The van der Waals surface area contributed by atoms with Crippen molar-refractivity contribution < 1.29 is 31.5 Å². The van der Waals surface area contributed by atoms with E-state index in [0.717, 1.165) is 25.0 Å². The highest BCUT2D eigenvalue weighted by Gasteiger charge is 2.34. The molecule has 1 unspecified atom stereocenters. The Morgan fingerprint density at radius 2 is 1.83 bits per heavy atom. The SMILES string of the molecule is O=C(NCC(O)c1ccccc1C(F)(F)F)c1cccc(S(=O)(=O)NC2CC2)c1. The van der Waals surface area contributed by atoms with E-state index in [0.29, 0.717) is 0 Å². The molecule has 2 aromatic rings. The van der Waals surface area contributed by atoms with Gasteiger partial charge in [-0.1, -0.05) is 24.3 Å². The average molecular weight is 428 g/mol. The predicted molar refractivity (Wildman–Crippen MR) is 98.5 cm³/mol. The van der Waals surface area contributed by atoms with E-state index in [-0.39, 0.29) is 22.1 Å². The summed E-state index contributed by atoms with van der Waals surface area (Å²) in [5.74, 6) is -0.711. The molecule has 156 valence electrons. The molecule has 1 fully saturated rings. The third kappa shape index (κ3) is 5.34. The van der Waals surface area contributed by atoms with Gasteiger partial charge in [-0.25, -0.2) is 13.1 Å². The highest BCUT2D eigenvalue weighted by Crippen LogP contribution is 2.34. The number of hydrogen-bond acceptors (Lipinski definition) is 4.